The predicted molar refractivity (Wildman–Crippen MR) is 97.9 cm³/mol. The molecule has 0 saturated carbocycles. The number of carbonyl (C=O) groups is 2. The molecule has 2 heterocycles. The van der Waals surface area contributed by atoms with E-state index in [2.05, 4.69) is 35.6 Å². The molecule has 0 aromatic heterocycles. The zero-order valence-electron chi connectivity index (χ0n) is 13.7. The van der Waals surface area contributed by atoms with Crippen LogP contribution in [-0.4, -0.2) is 22.5 Å². The molecule has 2 aromatic rings. The highest BCUT2D eigenvalue weighted by molar-refractivity contribution is 8.15. The second kappa shape index (κ2) is 6.92. The average molecular weight is 353 g/mol. The Kier molecular flexibility index (Phi) is 4.49. The lowest BCUT2D eigenvalue weighted by molar-refractivity contribution is -0.118. The van der Waals surface area contributed by atoms with E-state index >= 15 is 0 Å². The Morgan fingerprint density at radius 1 is 1.04 bits per heavy atom. The highest BCUT2D eigenvalue weighted by Crippen LogP contribution is 2.31. The summed E-state index contributed by atoms with van der Waals surface area (Å²) < 4.78 is 6.16. The number of amides is 2. The van der Waals surface area contributed by atoms with Crippen molar-refractivity contribution in [3.05, 3.63) is 65.2 Å². The molecule has 25 heavy (non-hydrogen) atoms. The molecule has 2 aliphatic rings. The maximum atomic E-state index is 11.7. The first-order valence-electron chi connectivity index (χ1n) is 8.51. The molecule has 2 aliphatic heterocycles. The summed E-state index contributed by atoms with van der Waals surface area (Å²) in [6.07, 6.45) is 3.66. The average Bonchev–Trinajstić information content (AvgIpc) is 2.93. The molecule has 5 heteroatoms. The van der Waals surface area contributed by atoms with E-state index in [-0.39, 0.29) is 22.5 Å². The molecule has 2 atom stereocenters. The van der Waals surface area contributed by atoms with Gasteiger partial charge < -0.3 is 4.74 Å². The Morgan fingerprint density at radius 2 is 1.88 bits per heavy atom. The van der Waals surface area contributed by atoms with E-state index in [1.54, 1.807) is 0 Å². The summed E-state index contributed by atoms with van der Waals surface area (Å²) in [4.78, 5) is 23.0. The zero-order chi connectivity index (χ0) is 17.2. The van der Waals surface area contributed by atoms with Gasteiger partial charge in [-0.2, -0.15) is 0 Å². The van der Waals surface area contributed by atoms with Crippen molar-refractivity contribution in [2.24, 2.45) is 0 Å². The third-order valence-corrected chi connectivity index (χ3v) is 5.63. The fourth-order valence-corrected chi connectivity index (χ4v) is 4.25. The minimum Gasteiger partial charge on any atom is -0.490 e. The van der Waals surface area contributed by atoms with Crippen molar-refractivity contribution < 1.29 is 14.3 Å². The standard InChI is InChI=1S/C20H19NO3S/c22-19-18(25-20(23)21-19)12-14-6-9-17-15(10-14)7-8-16(24-17)11-13-4-2-1-3-5-13/h1-6,9-10,16,18H,7-8,11-12H2,(H,21,22,23)/t16-,18+/m1/s1. The minimum atomic E-state index is -0.319. The first-order chi connectivity index (χ1) is 12.2. The van der Waals surface area contributed by atoms with Gasteiger partial charge in [-0.1, -0.05) is 54.2 Å². The fraction of sp³-hybridized carbons (Fsp3) is 0.300. The number of aryl methyl sites for hydroxylation is 1. The number of imide groups is 1. The molecule has 1 saturated heterocycles. The SMILES string of the molecule is O=C1NC(=O)[C@H](Cc2ccc3c(c2)CC[C@H](Cc2ccccc2)O3)S1. The van der Waals surface area contributed by atoms with Crippen LogP contribution in [0.4, 0.5) is 4.79 Å². The fourth-order valence-electron chi connectivity index (χ4n) is 3.39. The third-order valence-electron chi connectivity index (χ3n) is 4.65. The van der Waals surface area contributed by atoms with Crippen LogP contribution in [-0.2, 0) is 24.1 Å². The van der Waals surface area contributed by atoms with Crippen LogP contribution in [0.2, 0.25) is 0 Å². The van der Waals surface area contributed by atoms with Crippen molar-refractivity contribution in [1.29, 1.82) is 0 Å². The van der Waals surface area contributed by atoms with Crippen LogP contribution in [0.3, 0.4) is 0 Å². The van der Waals surface area contributed by atoms with E-state index in [1.165, 1.54) is 11.1 Å². The predicted octanol–water partition coefficient (Wildman–Crippen LogP) is 3.52. The van der Waals surface area contributed by atoms with Gasteiger partial charge in [0.2, 0.25) is 5.91 Å². The van der Waals surface area contributed by atoms with Gasteiger partial charge in [-0.25, -0.2) is 0 Å². The van der Waals surface area contributed by atoms with Gasteiger partial charge in [0.05, 0.1) is 5.25 Å². The molecule has 2 aromatic carbocycles. The van der Waals surface area contributed by atoms with E-state index < -0.39 is 0 Å². The highest BCUT2D eigenvalue weighted by Gasteiger charge is 2.31. The molecule has 0 bridgehead atoms. The number of hydrogen-bond donors (Lipinski definition) is 1. The van der Waals surface area contributed by atoms with Gasteiger partial charge in [-0.15, -0.1) is 0 Å². The van der Waals surface area contributed by atoms with Gasteiger partial charge in [-0.3, -0.25) is 14.9 Å². The molecular formula is C20H19NO3S. The highest BCUT2D eigenvalue weighted by atomic mass is 32.2. The van der Waals surface area contributed by atoms with Crippen LogP contribution >= 0.6 is 11.8 Å². The third kappa shape index (κ3) is 3.71. The second-order valence-corrected chi connectivity index (χ2v) is 7.67. The monoisotopic (exact) mass is 353 g/mol. The smallest absolute Gasteiger partial charge is 0.286 e. The van der Waals surface area contributed by atoms with Gasteiger partial charge in [0.15, 0.2) is 0 Å². The van der Waals surface area contributed by atoms with E-state index in [0.717, 1.165) is 42.3 Å². The second-order valence-electron chi connectivity index (χ2n) is 6.50. The number of ether oxygens (including phenoxy) is 1. The number of benzene rings is 2. The maximum Gasteiger partial charge on any atom is 0.286 e. The van der Waals surface area contributed by atoms with Crippen LogP contribution in [0.5, 0.6) is 5.75 Å². The first-order valence-corrected chi connectivity index (χ1v) is 9.39. The van der Waals surface area contributed by atoms with Crippen LogP contribution in [0, 0.1) is 0 Å². The lowest BCUT2D eigenvalue weighted by Gasteiger charge is -2.27. The van der Waals surface area contributed by atoms with Gasteiger partial charge in [0, 0.05) is 6.42 Å². The molecule has 0 aliphatic carbocycles. The number of fused-ring (bicyclic) bond motifs is 1. The Labute approximate surface area is 151 Å². The molecule has 0 spiro atoms. The Bertz CT molecular complexity index is 806. The molecule has 0 radical (unpaired) electrons. The van der Waals surface area contributed by atoms with Crippen molar-refractivity contribution in [3.63, 3.8) is 0 Å². The van der Waals surface area contributed by atoms with E-state index in [4.69, 9.17) is 4.74 Å². The maximum absolute atomic E-state index is 11.7. The normalized spacial score (nSPS) is 22.2. The Balaban J connectivity index is 1.42. The van der Waals surface area contributed by atoms with Gasteiger partial charge in [0.1, 0.15) is 11.9 Å². The lowest BCUT2D eigenvalue weighted by Crippen LogP contribution is -2.26. The molecule has 2 amide bonds. The van der Waals surface area contributed by atoms with Crippen molar-refractivity contribution in [3.8, 4) is 5.75 Å². The molecule has 1 fully saturated rings. The summed E-state index contributed by atoms with van der Waals surface area (Å²) in [6.45, 7) is 0. The molecule has 4 rings (SSSR count). The van der Waals surface area contributed by atoms with Crippen molar-refractivity contribution >= 4 is 22.9 Å². The molecule has 4 nitrogen and oxygen atoms in total. The quantitative estimate of drug-likeness (QED) is 0.914. The van der Waals surface area contributed by atoms with Crippen molar-refractivity contribution in [2.45, 2.75) is 37.0 Å². The van der Waals surface area contributed by atoms with E-state index in [9.17, 15) is 9.59 Å². The summed E-state index contributed by atoms with van der Waals surface area (Å²) in [5.41, 5.74) is 3.56. The van der Waals surface area contributed by atoms with Gasteiger partial charge in [0.25, 0.3) is 5.24 Å². The zero-order valence-corrected chi connectivity index (χ0v) is 14.6. The summed E-state index contributed by atoms with van der Waals surface area (Å²) in [5, 5.41) is 1.77. The van der Waals surface area contributed by atoms with Crippen LogP contribution in [0.25, 0.3) is 0 Å². The van der Waals surface area contributed by atoms with Gasteiger partial charge >= 0.3 is 0 Å². The summed E-state index contributed by atoms with van der Waals surface area (Å²) in [5.74, 6) is 0.752. The summed E-state index contributed by atoms with van der Waals surface area (Å²) in [7, 11) is 0. The Hall–Kier alpha value is -2.27. The van der Waals surface area contributed by atoms with Crippen LogP contribution < -0.4 is 10.1 Å². The molecular weight excluding hydrogens is 334 g/mol. The summed E-state index contributed by atoms with van der Waals surface area (Å²) in [6, 6.07) is 16.5. The van der Waals surface area contributed by atoms with Crippen LogP contribution in [0.15, 0.2) is 48.5 Å². The minimum absolute atomic E-state index is 0.188. The van der Waals surface area contributed by atoms with E-state index in [0.29, 0.717) is 6.42 Å². The number of carbonyl (C=O) groups excluding carboxylic acids is 2. The van der Waals surface area contributed by atoms with Gasteiger partial charge in [-0.05, 0) is 42.0 Å². The molecule has 0 unspecified atom stereocenters. The van der Waals surface area contributed by atoms with E-state index in [1.807, 2.05) is 18.2 Å². The summed E-state index contributed by atoms with van der Waals surface area (Å²) >= 11 is 1.08. The topological polar surface area (TPSA) is 55.4 Å². The number of rotatable bonds is 4. The number of nitrogens with one attached hydrogen (secondary N) is 1. The number of thioether (sulfide) groups is 1. The first kappa shape index (κ1) is 16.2. The lowest BCUT2D eigenvalue weighted by atomic mass is 9.95. The van der Waals surface area contributed by atoms with Crippen molar-refractivity contribution in [2.75, 3.05) is 0 Å². The Morgan fingerprint density at radius 3 is 2.64 bits per heavy atom. The molecule has 1 N–H and O–H groups in total. The molecule has 128 valence electrons. The largest absolute Gasteiger partial charge is 0.490 e. The van der Waals surface area contributed by atoms with Crippen LogP contribution in [0.1, 0.15) is 23.1 Å². The van der Waals surface area contributed by atoms with Crippen molar-refractivity contribution in [1.82, 2.24) is 5.32 Å². The number of hydrogen-bond acceptors (Lipinski definition) is 4.